The average Bonchev–Trinajstić information content (AvgIpc) is 2.53. The highest BCUT2D eigenvalue weighted by atomic mass is 32.1. The van der Waals surface area contributed by atoms with Gasteiger partial charge >= 0.3 is 0 Å². The van der Waals surface area contributed by atoms with Gasteiger partial charge in [-0.2, -0.15) is 4.37 Å². The van der Waals surface area contributed by atoms with Crippen LogP contribution in [-0.2, 0) is 0 Å². The van der Waals surface area contributed by atoms with Crippen LogP contribution in [0.5, 0.6) is 0 Å². The Morgan fingerprint density at radius 1 is 1.69 bits per heavy atom. The van der Waals surface area contributed by atoms with Crippen LogP contribution < -0.4 is 5.32 Å². The lowest BCUT2D eigenvalue weighted by atomic mass is 10.1. The minimum Gasteiger partial charge on any atom is -0.355 e. The Bertz CT molecular complexity index is 243. The monoisotopic (exact) mass is 198 g/mol. The summed E-state index contributed by atoms with van der Waals surface area (Å²) in [6.45, 7) is 5.72. The molecule has 0 bridgehead atoms. The van der Waals surface area contributed by atoms with E-state index in [0.29, 0.717) is 6.04 Å². The molecule has 4 nitrogen and oxygen atoms in total. The maximum atomic E-state index is 4.09. The summed E-state index contributed by atoms with van der Waals surface area (Å²) in [6, 6.07) is 0.583. The van der Waals surface area contributed by atoms with Crippen LogP contribution in [0.2, 0.25) is 0 Å². The van der Waals surface area contributed by atoms with Gasteiger partial charge in [0, 0.05) is 24.6 Å². The highest BCUT2D eigenvalue weighted by Gasteiger charge is 2.25. The lowest BCUT2D eigenvalue weighted by molar-refractivity contribution is 0.162. The summed E-state index contributed by atoms with van der Waals surface area (Å²) in [6.07, 6.45) is 2.83. The molecule has 72 valence electrons. The standard InChI is InChI=1S/C8H14N4S/c1-2-3-12-4-7(5-12)11-8-9-6-10-13-8/h6-7H,2-5H2,1H3,(H,9,10,11). The van der Waals surface area contributed by atoms with Gasteiger partial charge in [-0.25, -0.2) is 4.98 Å². The Hall–Kier alpha value is -0.680. The van der Waals surface area contributed by atoms with Crippen molar-refractivity contribution in [2.24, 2.45) is 0 Å². The van der Waals surface area contributed by atoms with Gasteiger partial charge in [0.15, 0.2) is 0 Å². The molecular formula is C8H14N4S. The highest BCUT2D eigenvalue weighted by Crippen LogP contribution is 2.15. The van der Waals surface area contributed by atoms with E-state index in [0.717, 1.165) is 18.2 Å². The Morgan fingerprint density at radius 3 is 3.15 bits per heavy atom. The molecule has 0 aromatic carbocycles. The molecule has 1 N–H and O–H groups in total. The van der Waals surface area contributed by atoms with Crippen LogP contribution in [0.1, 0.15) is 13.3 Å². The molecule has 0 saturated carbocycles. The van der Waals surface area contributed by atoms with Crippen molar-refractivity contribution in [3.05, 3.63) is 6.33 Å². The lowest BCUT2D eigenvalue weighted by Crippen LogP contribution is -2.54. The number of rotatable bonds is 4. The maximum Gasteiger partial charge on any atom is 0.202 e. The minimum absolute atomic E-state index is 0.583. The second-order valence-corrected chi connectivity index (χ2v) is 4.13. The topological polar surface area (TPSA) is 41.0 Å². The molecule has 5 heteroatoms. The molecule has 1 aliphatic rings. The number of aromatic nitrogens is 2. The SMILES string of the molecule is CCCN1CC(Nc2ncns2)C1. The molecule has 0 spiro atoms. The fourth-order valence-electron chi connectivity index (χ4n) is 1.57. The van der Waals surface area contributed by atoms with E-state index < -0.39 is 0 Å². The van der Waals surface area contributed by atoms with Gasteiger partial charge < -0.3 is 5.32 Å². The number of nitrogens with zero attached hydrogens (tertiary/aromatic N) is 3. The molecular weight excluding hydrogens is 184 g/mol. The molecule has 2 rings (SSSR count). The molecule has 1 aromatic rings. The van der Waals surface area contributed by atoms with Gasteiger partial charge in [-0.1, -0.05) is 6.92 Å². The van der Waals surface area contributed by atoms with Crippen LogP contribution in [0, 0.1) is 0 Å². The third-order valence-corrected chi connectivity index (χ3v) is 2.78. The van der Waals surface area contributed by atoms with Crippen molar-refractivity contribution in [3.8, 4) is 0 Å². The Balaban J connectivity index is 1.70. The van der Waals surface area contributed by atoms with Gasteiger partial charge in [-0.05, 0) is 13.0 Å². The first-order chi connectivity index (χ1) is 6.38. The molecule has 1 saturated heterocycles. The fraction of sp³-hybridized carbons (Fsp3) is 0.750. The second-order valence-electron chi connectivity index (χ2n) is 3.35. The number of likely N-dealkylation sites (tertiary alicyclic amines) is 1. The van der Waals surface area contributed by atoms with Gasteiger partial charge in [0.2, 0.25) is 5.13 Å². The zero-order chi connectivity index (χ0) is 9.10. The summed E-state index contributed by atoms with van der Waals surface area (Å²) in [5.41, 5.74) is 0. The van der Waals surface area contributed by atoms with Crippen LogP contribution in [0.3, 0.4) is 0 Å². The van der Waals surface area contributed by atoms with Crippen molar-refractivity contribution < 1.29 is 0 Å². The summed E-state index contributed by atoms with van der Waals surface area (Å²) in [7, 11) is 0. The predicted octanol–water partition coefficient (Wildman–Crippen LogP) is 1.04. The third kappa shape index (κ3) is 2.16. The van der Waals surface area contributed by atoms with Crippen LogP contribution in [0.15, 0.2) is 6.33 Å². The van der Waals surface area contributed by atoms with E-state index in [2.05, 4.69) is 26.5 Å². The first kappa shape index (κ1) is 8.90. The van der Waals surface area contributed by atoms with Gasteiger partial charge in [-0.3, -0.25) is 4.90 Å². The molecule has 2 heterocycles. The van der Waals surface area contributed by atoms with Crippen LogP contribution in [-0.4, -0.2) is 39.9 Å². The Kier molecular flexibility index (Phi) is 2.75. The van der Waals surface area contributed by atoms with E-state index in [9.17, 15) is 0 Å². The van der Waals surface area contributed by atoms with E-state index >= 15 is 0 Å². The lowest BCUT2D eigenvalue weighted by Gasteiger charge is -2.39. The van der Waals surface area contributed by atoms with Crippen LogP contribution in [0.25, 0.3) is 0 Å². The largest absolute Gasteiger partial charge is 0.355 e. The van der Waals surface area contributed by atoms with E-state index in [4.69, 9.17) is 0 Å². The summed E-state index contributed by atoms with van der Waals surface area (Å²) >= 11 is 1.42. The normalized spacial score (nSPS) is 18.5. The predicted molar refractivity (Wildman–Crippen MR) is 54.1 cm³/mol. The molecule has 13 heavy (non-hydrogen) atoms. The zero-order valence-corrected chi connectivity index (χ0v) is 8.55. The molecule has 0 radical (unpaired) electrons. The first-order valence-electron chi connectivity index (χ1n) is 4.64. The van der Waals surface area contributed by atoms with Crippen LogP contribution in [0.4, 0.5) is 5.13 Å². The number of anilines is 1. The van der Waals surface area contributed by atoms with E-state index in [1.165, 1.54) is 24.5 Å². The Morgan fingerprint density at radius 2 is 2.54 bits per heavy atom. The fourth-order valence-corrected chi connectivity index (χ4v) is 2.08. The summed E-state index contributed by atoms with van der Waals surface area (Å²) in [5.74, 6) is 0. The van der Waals surface area contributed by atoms with Crippen molar-refractivity contribution >= 4 is 16.7 Å². The second kappa shape index (κ2) is 4.02. The zero-order valence-electron chi connectivity index (χ0n) is 7.73. The van der Waals surface area contributed by atoms with Gasteiger partial charge in [0.25, 0.3) is 0 Å². The van der Waals surface area contributed by atoms with Crippen LogP contribution >= 0.6 is 11.5 Å². The molecule has 0 aliphatic carbocycles. The molecule has 0 unspecified atom stereocenters. The summed E-state index contributed by atoms with van der Waals surface area (Å²) in [4.78, 5) is 6.53. The van der Waals surface area contributed by atoms with Crippen molar-refractivity contribution in [1.82, 2.24) is 14.3 Å². The van der Waals surface area contributed by atoms with Crippen molar-refractivity contribution in [1.29, 1.82) is 0 Å². The molecule has 1 aromatic heterocycles. The van der Waals surface area contributed by atoms with Gasteiger partial charge in [0.1, 0.15) is 6.33 Å². The van der Waals surface area contributed by atoms with E-state index in [1.54, 1.807) is 6.33 Å². The molecule has 0 atom stereocenters. The highest BCUT2D eigenvalue weighted by molar-refractivity contribution is 7.09. The summed E-state index contributed by atoms with van der Waals surface area (Å²) in [5, 5.41) is 4.30. The van der Waals surface area contributed by atoms with E-state index in [-0.39, 0.29) is 0 Å². The van der Waals surface area contributed by atoms with E-state index in [1.807, 2.05) is 0 Å². The first-order valence-corrected chi connectivity index (χ1v) is 5.41. The Labute approximate surface area is 82.1 Å². The van der Waals surface area contributed by atoms with Crippen molar-refractivity contribution in [3.63, 3.8) is 0 Å². The number of hydrogen-bond donors (Lipinski definition) is 1. The number of hydrogen-bond acceptors (Lipinski definition) is 5. The number of nitrogens with one attached hydrogen (secondary N) is 1. The van der Waals surface area contributed by atoms with Crippen molar-refractivity contribution in [2.75, 3.05) is 25.0 Å². The quantitative estimate of drug-likeness (QED) is 0.785. The smallest absolute Gasteiger partial charge is 0.202 e. The molecule has 1 aliphatic heterocycles. The van der Waals surface area contributed by atoms with Crippen molar-refractivity contribution in [2.45, 2.75) is 19.4 Å². The maximum absolute atomic E-state index is 4.09. The van der Waals surface area contributed by atoms with Gasteiger partial charge in [0.05, 0.1) is 6.04 Å². The summed E-state index contributed by atoms with van der Waals surface area (Å²) < 4.78 is 3.94. The molecule has 0 amide bonds. The average molecular weight is 198 g/mol. The third-order valence-electron chi connectivity index (χ3n) is 2.19. The molecule has 1 fully saturated rings. The minimum atomic E-state index is 0.583. The van der Waals surface area contributed by atoms with Gasteiger partial charge in [-0.15, -0.1) is 0 Å².